The Kier molecular flexibility index (Phi) is 6.78. The van der Waals surface area contributed by atoms with E-state index in [9.17, 15) is 19.7 Å². The van der Waals surface area contributed by atoms with E-state index < -0.39 is 22.2 Å². The summed E-state index contributed by atoms with van der Waals surface area (Å²) in [7, 11) is 1.13. The second kappa shape index (κ2) is 8.89. The highest BCUT2D eigenvalue weighted by atomic mass is 16.6. The molecule has 1 heterocycles. The van der Waals surface area contributed by atoms with E-state index in [2.05, 4.69) is 10.1 Å². The lowest BCUT2D eigenvalue weighted by Crippen LogP contribution is -2.45. The van der Waals surface area contributed by atoms with E-state index in [4.69, 9.17) is 10.1 Å². The molecule has 158 valence electrons. The summed E-state index contributed by atoms with van der Waals surface area (Å²) in [6, 6.07) is 0.0485. The average Bonchev–Trinajstić information content (AvgIpc) is 2.65. The molecule has 1 amide bonds. The van der Waals surface area contributed by atoms with E-state index in [-0.39, 0.29) is 23.4 Å². The number of hydrogen-bond acceptors (Lipinski definition) is 8. The Morgan fingerprint density at radius 3 is 2.45 bits per heavy atom. The summed E-state index contributed by atoms with van der Waals surface area (Å²) in [5.41, 5.74) is -0.963. The maximum atomic E-state index is 12.1. The van der Waals surface area contributed by atoms with Crippen LogP contribution in [-0.2, 0) is 14.3 Å². The largest absolute Gasteiger partial charge is 0.465 e. The van der Waals surface area contributed by atoms with Crippen LogP contribution in [0.3, 0.4) is 0 Å². The molecule has 0 aromatic rings. The van der Waals surface area contributed by atoms with Crippen molar-refractivity contribution in [3.63, 3.8) is 0 Å². The summed E-state index contributed by atoms with van der Waals surface area (Å²) in [5.74, 6) is -0.862. The van der Waals surface area contributed by atoms with Crippen LogP contribution in [0.2, 0.25) is 0 Å². The number of carbonyl (C=O) groups is 2. The lowest BCUT2D eigenvalue weighted by molar-refractivity contribution is -0.420. The number of nitrogens with zero attached hydrogens (tertiary/aromatic N) is 2. The number of esters is 1. The summed E-state index contributed by atoms with van der Waals surface area (Å²) < 4.78 is 9.91. The maximum Gasteiger partial charge on any atom is 0.410 e. The van der Waals surface area contributed by atoms with Crippen LogP contribution in [0.25, 0.3) is 0 Å². The number of likely N-dealkylation sites (tertiary alicyclic amines) is 1. The Morgan fingerprint density at radius 2 is 1.93 bits per heavy atom. The van der Waals surface area contributed by atoms with Gasteiger partial charge >= 0.3 is 12.1 Å². The number of ether oxygens (including phenoxy) is 2. The second-order valence-corrected chi connectivity index (χ2v) is 7.76. The molecule has 1 aliphatic heterocycles. The monoisotopic (exact) mass is 406 g/mol. The Morgan fingerprint density at radius 1 is 1.31 bits per heavy atom. The van der Waals surface area contributed by atoms with Gasteiger partial charge in [-0.2, -0.15) is 0 Å². The molecule has 0 bridgehead atoms. The number of rotatable bonds is 4. The van der Waals surface area contributed by atoms with Crippen LogP contribution in [0.1, 0.15) is 33.6 Å². The van der Waals surface area contributed by atoms with E-state index >= 15 is 0 Å². The molecular weight excluding hydrogens is 380 g/mol. The van der Waals surface area contributed by atoms with Crippen molar-refractivity contribution in [1.82, 2.24) is 10.2 Å². The smallest absolute Gasteiger partial charge is 0.410 e. The van der Waals surface area contributed by atoms with E-state index in [1.54, 1.807) is 4.90 Å². The SMILES string of the molecule is COC(=O)C1=CC(=N)/C(=C\NC2CCN(C(=O)OC(C)(C)C)CC2)C=C1[N+](=O)[O-]. The minimum atomic E-state index is -0.862. The number of amides is 1. The van der Waals surface area contributed by atoms with Crippen LogP contribution >= 0.6 is 0 Å². The van der Waals surface area contributed by atoms with Gasteiger partial charge in [-0.1, -0.05) is 0 Å². The molecule has 10 heteroatoms. The van der Waals surface area contributed by atoms with E-state index in [1.807, 2.05) is 20.8 Å². The molecule has 1 saturated heterocycles. The Balaban J connectivity index is 2.00. The highest BCUT2D eigenvalue weighted by Gasteiger charge is 2.31. The molecule has 29 heavy (non-hydrogen) atoms. The number of nitrogens with one attached hydrogen (secondary N) is 2. The molecule has 0 radical (unpaired) electrons. The zero-order valence-corrected chi connectivity index (χ0v) is 17.0. The first-order chi connectivity index (χ1) is 13.5. The minimum absolute atomic E-state index is 0.0327. The molecule has 0 aromatic carbocycles. The molecule has 2 N–H and O–H groups in total. The van der Waals surface area contributed by atoms with Crippen molar-refractivity contribution in [3.05, 3.63) is 45.3 Å². The van der Waals surface area contributed by atoms with Crippen LogP contribution < -0.4 is 5.32 Å². The van der Waals surface area contributed by atoms with Crippen LogP contribution in [0, 0.1) is 15.5 Å². The molecule has 2 aliphatic rings. The van der Waals surface area contributed by atoms with Crippen molar-refractivity contribution in [1.29, 1.82) is 5.41 Å². The predicted molar refractivity (Wildman–Crippen MR) is 105 cm³/mol. The molecule has 0 atom stereocenters. The third-order valence-corrected chi connectivity index (χ3v) is 4.39. The third-order valence-electron chi connectivity index (χ3n) is 4.39. The third kappa shape index (κ3) is 5.90. The fourth-order valence-electron chi connectivity index (χ4n) is 2.91. The number of carbonyl (C=O) groups excluding carboxylic acids is 2. The lowest BCUT2D eigenvalue weighted by Gasteiger charge is -2.33. The number of hydrogen-bond donors (Lipinski definition) is 2. The van der Waals surface area contributed by atoms with Crippen molar-refractivity contribution in [3.8, 4) is 0 Å². The van der Waals surface area contributed by atoms with Crippen LogP contribution in [0.5, 0.6) is 0 Å². The standard InChI is InChI=1S/C19H26N4O6/c1-19(2,3)29-18(25)22-7-5-13(6-8-22)21-11-12-9-16(23(26)27)14(10-15(12)20)17(24)28-4/h9-11,13,20-21H,5-8H2,1-4H3/b12-11-,20-15?. The van der Waals surface area contributed by atoms with E-state index in [0.29, 0.717) is 31.5 Å². The van der Waals surface area contributed by atoms with Crippen molar-refractivity contribution >= 4 is 17.8 Å². The van der Waals surface area contributed by atoms with Crippen molar-refractivity contribution < 1.29 is 24.0 Å². The topological polar surface area (TPSA) is 135 Å². The molecular formula is C19H26N4O6. The summed E-state index contributed by atoms with van der Waals surface area (Å²) >= 11 is 0. The van der Waals surface area contributed by atoms with Gasteiger partial charge in [-0.3, -0.25) is 10.1 Å². The number of methoxy groups -OCH3 is 1. The number of nitro groups is 1. The summed E-state index contributed by atoms with van der Waals surface area (Å²) in [6.45, 7) is 6.50. The fraction of sp³-hybridized carbons (Fsp3) is 0.526. The van der Waals surface area contributed by atoms with Crippen molar-refractivity contribution in [2.45, 2.75) is 45.3 Å². The molecule has 0 unspecified atom stereocenters. The van der Waals surface area contributed by atoms with Crippen molar-refractivity contribution in [2.24, 2.45) is 0 Å². The summed E-state index contributed by atoms with van der Waals surface area (Å²) in [4.78, 5) is 36.0. The molecule has 1 fully saturated rings. The first kappa shape index (κ1) is 22.1. The molecule has 0 saturated carbocycles. The summed E-state index contributed by atoms with van der Waals surface area (Å²) in [5, 5.41) is 22.5. The van der Waals surface area contributed by atoms with Crippen LogP contribution in [-0.4, -0.2) is 59.4 Å². The Hall–Kier alpha value is -3.17. The highest BCUT2D eigenvalue weighted by Crippen LogP contribution is 2.22. The first-order valence-corrected chi connectivity index (χ1v) is 9.21. The van der Waals surface area contributed by atoms with Gasteiger partial charge in [-0.05, 0) is 39.7 Å². The fourth-order valence-corrected chi connectivity index (χ4v) is 2.91. The minimum Gasteiger partial charge on any atom is -0.465 e. The van der Waals surface area contributed by atoms with Gasteiger partial charge in [0.05, 0.1) is 17.7 Å². The highest BCUT2D eigenvalue weighted by molar-refractivity contribution is 6.14. The summed E-state index contributed by atoms with van der Waals surface area (Å²) in [6.07, 6.45) is 4.84. The van der Waals surface area contributed by atoms with Gasteiger partial charge in [0.2, 0.25) is 0 Å². The Bertz CT molecular complexity index is 798. The second-order valence-electron chi connectivity index (χ2n) is 7.76. The van der Waals surface area contributed by atoms with Gasteiger partial charge < -0.3 is 25.1 Å². The van der Waals surface area contributed by atoms with Gasteiger partial charge in [0.25, 0.3) is 5.70 Å². The average molecular weight is 406 g/mol. The molecule has 10 nitrogen and oxygen atoms in total. The first-order valence-electron chi connectivity index (χ1n) is 9.21. The zero-order chi connectivity index (χ0) is 21.8. The molecule has 0 aromatic heterocycles. The van der Waals surface area contributed by atoms with Gasteiger partial charge in [-0.15, -0.1) is 0 Å². The van der Waals surface area contributed by atoms with Gasteiger partial charge in [0.15, 0.2) is 0 Å². The molecule has 2 rings (SSSR count). The van der Waals surface area contributed by atoms with Crippen LogP contribution in [0.15, 0.2) is 35.2 Å². The maximum absolute atomic E-state index is 12.1. The quantitative estimate of drug-likeness (QED) is 0.415. The van der Waals surface area contributed by atoms with Gasteiger partial charge in [-0.25, -0.2) is 9.59 Å². The number of allylic oxidation sites excluding steroid dienone is 3. The van der Waals surface area contributed by atoms with E-state index in [0.717, 1.165) is 13.2 Å². The lowest BCUT2D eigenvalue weighted by atomic mass is 9.97. The predicted octanol–water partition coefficient (Wildman–Crippen LogP) is 2.15. The van der Waals surface area contributed by atoms with Gasteiger partial charge in [0, 0.05) is 37.0 Å². The van der Waals surface area contributed by atoms with Gasteiger partial charge in [0.1, 0.15) is 11.2 Å². The molecule has 0 spiro atoms. The number of piperidine rings is 1. The normalized spacial score (nSPS) is 19.4. The molecule has 1 aliphatic carbocycles. The van der Waals surface area contributed by atoms with Crippen molar-refractivity contribution in [2.75, 3.05) is 20.2 Å². The van der Waals surface area contributed by atoms with Crippen LogP contribution in [0.4, 0.5) is 4.79 Å². The Labute approximate surface area is 168 Å². The van der Waals surface area contributed by atoms with E-state index in [1.165, 1.54) is 12.3 Å². The zero-order valence-electron chi connectivity index (χ0n) is 17.0.